The average molecular weight is 258 g/mol. The van der Waals surface area contributed by atoms with Crippen molar-refractivity contribution in [3.8, 4) is 0 Å². The zero-order valence-electron chi connectivity index (χ0n) is 10.5. The number of aromatic nitrogens is 1. The lowest BCUT2D eigenvalue weighted by Crippen LogP contribution is -2.26. The van der Waals surface area contributed by atoms with E-state index in [1.807, 2.05) is 13.0 Å². The number of ether oxygens (including phenoxy) is 1. The molecule has 0 aliphatic heterocycles. The van der Waals surface area contributed by atoms with Gasteiger partial charge in [0.1, 0.15) is 5.82 Å². The summed E-state index contributed by atoms with van der Waals surface area (Å²) in [6.45, 7) is 4.93. The predicted octanol–water partition coefficient (Wildman–Crippen LogP) is 2.39. The minimum atomic E-state index is 0.112. The Morgan fingerprint density at radius 2 is 2.29 bits per heavy atom. The number of nitrogens with two attached hydrogens (primary N) is 1. The molecule has 17 heavy (non-hydrogen) atoms. The Hall–Kier alpha value is -0.840. The first-order valence-electron chi connectivity index (χ1n) is 5.75. The summed E-state index contributed by atoms with van der Waals surface area (Å²) in [5.41, 5.74) is 6.82. The highest BCUT2D eigenvalue weighted by Gasteiger charge is 2.17. The zero-order chi connectivity index (χ0) is 12.8. The Balaban J connectivity index is 2.91. The van der Waals surface area contributed by atoms with Gasteiger partial charge in [0.05, 0.1) is 11.1 Å². The van der Waals surface area contributed by atoms with Crippen molar-refractivity contribution in [1.82, 2.24) is 10.3 Å². The van der Waals surface area contributed by atoms with Crippen LogP contribution < -0.4 is 11.1 Å². The van der Waals surface area contributed by atoms with E-state index in [0.717, 1.165) is 18.5 Å². The van der Waals surface area contributed by atoms with E-state index >= 15 is 0 Å². The van der Waals surface area contributed by atoms with Crippen molar-refractivity contribution in [3.63, 3.8) is 0 Å². The van der Waals surface area contributed by atoms with Crippen molar-refractivity contribution in [2.75, 3.05) is 19.4 Å². The summed E-state index contributed by atoms with van der Waals surface area (Å²) in [7, 11) is 1.70. The van der Waals surface area contributed by atoms with E-state index in [-0.39, 0.29) is 12.1 Å². The van der Waals surface area contributed by atoms with Gasteiger partial charge in [-0.2, -0.15) is 0 Å². The Kier molecular flexibility index (Phi) is 5.68. The van der Waals surface area contributed by atoms with E-state index in [1.165, 1.54) is 0 Å². The number of hydrogen-bond donors (Lipinski definition) is 2. The first-order chi connectivity index (χ1) is 8.08. The molecule has 0 aromatic carbocycles. The third-order valence-corrected chi connectivity index (χ3v) is 2.92. The van der Waals surface area contributed by atoms with E-state index in [9.17, 15) is 0 Å². The van der Waals surface area contributed by atoms with Crippen LogP contribution in [0.2, 0.25) is 5.02 Å². The molecule has 0 bridgehead atoms. The normalized spacial score (nSPS) is 14.6. The topological polar surface area (TPSA) is 60.2 Å². The molecule has 5 heteroatoms. The molecule has 1 heterocycles. The van der Waals surface area contributed by atoms with Gasteiger partial charge in [0.25, 0.3) is 0 Å². The van der Waals surface area contributed by atoms with Gasteiger partial charge in [-0.3, -0.25) is 0 Å². The Morgan fingerprint density at radius 3 is 2.88 bits per heavy atom. The van der Waals surface area contributed by atoms with Crippen LogP contribution in [-0.2, 0) is 4.74 Å². The molecule has 1 aromatic heterocycles. The van der Waals surface area contributed by atoms with Gasteiger partial charge in [0.15, 0.2) is 0 Å². The number of nitrogens with zero attached hydrogens (tertiary/aromatic N) is 1. The van der Waals surface area contributed by atoms with Gasteiger partial charge in [-0.15, -0.1) is 0 Å². The predicted molar refractivity (Wildman–Crippen MR) is 71.2 cm³/mol. The van der Waals surface area contributed by atoms with E-state index in [4.69, 9.17) is 22.1 Å². The van der Waals surface area contributed by atoms with Gasteiger partial charge in [0.2, 0.25) is 0 Å². The lowest BCUT2D eigenvalue weighted by atomic mass is 10.0. The molecule has 1 rings (SSSR count). The standard InChI is InChI=1S/C12H20ClN3O/c1-4-15-11(5-8(2)17-3)10-6-9(13)7-16-12(10)14/h6-8,11,15H,4-5H2,1-3H3,(H2,14,16). The molecular weight excluding hydrogens is 238 g/mol. The molecule has 0 amide bonds. The summed E-state index contributed by atoms with van der Waals surface area (Å²) in [6.07, 6.45) is 2.54. The van der Waals surface area contributed by atoms with Crippen molar-refractivity contribution in [1.29, 1.82) is 0 Å². The molecule has 0 saturated carbocycles. The molecule has 0 fully saturated rings. The fourth-order valence-corrected chi connectivity index (χ4v) is 1.91. The SMILES string of the molecule is CCNC(CC(C)OC)c1cc(Cl)cnc1N. The molecule has 2 atom stereocenters. The highest BCUT2D eigenvalue weighted by Crippen LogP contribution is 2.26. The van der Waals surface area contributed by atoms with Crippen molar-refractivity contribution < 1.29 is 4.74 Å². The van der Waals surface area contributed by atoms with Gasteiger partial charge in [-0.1, -0.05) is 18.5 Å². The zero-order valence-corrected chi connectivity index (χ0v) is 11.3. The van der Waals surface area contributed by atoms with Crippen LogP contribution in [0.5, 0.6) is 0 Å². The van der Waals surface area contributed by atoms with Gasteiger partial charge >= 0.3 is 0 Å². The number of rotatable bonds is 6. The van der Waals surface area contributed by atoms with Crippen LogP contribution in [0, 0.1) is 0 Å². The molecule has 0 spiro atoms. The quantitative estimate of drug-likeness (QED) is 0.822. The van der Waals surface area contributed by atoms with Crippen molar-refractivity contribution in [3.05, 3.63) is 22.8 Å². The fraction of sp³-hybridized carbons (Fsp3) is 0.583. The van der Waals surface area contributed by atoms with Crippen LogP contribution in [0.15, 0.2) is 12.3 Å². The van der Waals surface area contributed by atoms with Gasteiger partial charge in [-0.05, 0) is 26.0 Å². The Labute approximate surface area is 108 Å². The lowest BCUT2D eigenvalue weighted by Gasteiger charge is -2.22. The maximum atomic E-state index is 5.95. The molecule has 0 saturated heterocycles. The van der Waals surface area contributed by atoms with Crippen molar-refractivity contribution in [2.45, 2.75) is 32.4 Å². The van der Waals surface area contributed by atoms with Crippen LogP contribution in [0.25, 0.3) is 0 Å². The third kappa shape index (κ3) is 4.15. The van der Waals surface area contributed by atoms with E-state index in [0.29, 0.717) is 10.8 Å². The van der Waals surface area contributed by atoms with E-state index in [2.05, 4.69) is 17.2 Å². The second-order valence-electron chi connectivity index (χ2n) is 4.02. The third-order valence-electron chi connectivity index (χ3n) is 2.71. The van der Waals surface area contributed by atoms with E-state index < -0.39 is 0 Å². The number of methoxy groups -OCH3 is 1. The van der Waals surface area contributed by atoms with Crippen LogP contribution in [-0.4, -0.2) is 24.7 Å². The number of halogens is 1. The number of pyridine rings is 1. The average Bonchev–Trinajstić information content (AvgIpc) is 2.31. The number of nitrogen functional groups attached to an aromatic ring is 1. The smallest absolute Gasteiger partial charge is 0.128 e. The second kappa shape index (κ2) is 6.79. The number of anilines is 1. The number of hydrogen-bond acceptors (Lipinski definition) is 4. The van der Waals surface area contributed by atoms with E-state index in [1.54, 1.807) is 13.3 Å². The highest BCUT2D eigenvalue weighted by molar-refractivity contribution is 6.30. The van der Waals surface area contributed by atoms with Crippen LogP contribution >= 0.6 is 11.6 Å². The number of nitrogens with one attached hydrogen (secondary N) is 1. The van der Waals surface area contributed by atoms with Gasteiger partial charge in [0, 0.05) is 24.9 Å². The summed E-state index contributed by atoms with van der Waals surface area (Å²) in [4.78, 5) is 4.08. The molecule has 1 aromatic rings. The minimum Gasteiger partial charge on any atom is -0.383 e. The summed E-state index contributed by atoms with van der Waals surface area (Å²) < 4.78 is 5.28. The lowest BCUT2D eigenvalue weighted by molar-refractivity contribution is 0.101. The minimum absolute atomic E-state index is 0.112. The highest BCUT2D eigenvalue weighted by atomic mass is 35.5. The molecule has 4 nitrogen and oxygen atoms in total. The summed E-state index contributed by atoms with van der Waals surface area (Å²) >= 11 is 5.95. The Bertz CT molecular complexity index is 360. The fourth-order valence-electron chi connectivity index (χ4n) is 1.74. The maximum absolute atomic E-state index is 5.95. The van der Waals surface area contributed by atoms with Crippen LogP contribution in [0.1, 0.15) is 31.9 Å². The molecule has 3 N–H and O–H groups in total. The second-order valence-corrected chi connectivity index (χ2v) is 4.46. The molecule has 0 radical (unpaired) electrons. The molecule has 0 aliphatic carbocycles. The summed E-state index contributed by atoms with van der Waals surface area (Å²) in [6, 6.07) is 1.97. The first kappa shape index (κ1) is 14.2. The molecule has 2 unspecified atom stereocenters. The molecule has 96 valence electrons. The Morgan fingerprint density at radius 1 is 1.59 bits per heavy atom. The molecule has 0 aliphatic rings. The van der Waals surface area contributed by atoms with Gasteiger partial charge in [-0.25, -0.2) is 4.98 Å². The maximum Gasteiger partial charge on any atom is 0.128 e. The monoisotopic (exact) mass is 257 g/mol. The first-order valence-corrected chi connectivity index (χ1v) is 6.13. The van der Waals surface area contributed by atoms with Crippen LogP contribution in [0.3, 0.4) is 0 Å². The largest absolute Gasteiger partial charge is 0.383 e. The van der Waals surface area contributed by atoms with Crippen molar-refractivity contribution in [2.24, 2.45) is 0 Å². The van der Waals surface area contributed by atoms with Crippen molar-refractivity contribution >= 4 is 17.4 Å². The summed E-state index contributed by atoms with van der Waals surface area (Å²) in [5, 5.41) is 3.97. The van der Waals surface area contributed by atoms with Gasteiger partial charge < -0.3 is 15.8 Å². The summed E-state index contributed by atoms with van der Waals surface area (Å²) in [5.74, 6) is 0.517. The van der Waals surface area contributed by atoms with Crippen LogP contribution in [0.4, 0.5) is 5.82 Å². The molecular formula is C12H20ClN3O.